The van der Waals surface area contributed by atoms with Gasteiger partial charge >= 0.3 is 0 Å². The number of carbonyl (C=O) groups is 2. The van der Waals surface area contributed by atoms with E-state index >= 15 is 0 Å². The zero-order chi connectivity index (χ0) is 21.5. The topological polar surface area (TPSA) is 74.1 Å². The Bertz CT molecular complexity index is 1110. The average Bonchev–Trinajstić information content (AvgIpc) is 3.21. The molecule has 0 radical (unpaired) electrons. The highest BCUT2D eigenvalue weighted by Gasteiger charge is 2.18. The minimum Gasteiger partial charge on any atom is -0.288 e. The number of aromatic nitrogens is 1. The van der Waals surface area contributed by atoms with Crippen LogP contribution >= 0.6 is 11.3 Å². The molecule has 5 nitrogen and oxygen atoms in total. The van der Waals surface area contributed by atoms with Gasteiger partial charge in [-0.1, -0.05) is 55.8 Å². The van der Waals surface area contributed by atoms with Gasteiger partial charge in [-0.05, 0) is 30.2 Å². The number of Topliss-reactive ketones (excluding diaryl/α,β-unsaturated/α-hetero) is 1. The van der Waals surface area contributed by atoms with E-state index in [2.05, 4.69) is 11.9 Å². The van der Waals surface area contributed by atoms with Gasteiger partial charge < -0.3 is 0 Å². The lowest BCUT2D eigenvalue weighted by Gasteiger charge is -2.17. The van der Waals surface area contributed by atoms with Crippen LogP contribution in [0.2, 0.25) is 0 Å². The van der Waals surface area contributed by atoms with Crippen molar-refractivity contribution in [1.82, 2.24) is 4.98 Å². The van der Waals surface area contributed by atoms with E-state index < -0.39 is 0 Å². The molecule has 0 spiro atoms. The van der Waals surface area contributed by atoms with Crippen LogP contribution in [0.15, 0.2) is 65.6 Å². The van der Waals surface area contributed by atoms with Crippen LogP contribution in [0.4, 0.5) is 10.8 Å². The quantitative estimate of drug-likeness (QED) is 0.287. The number of para-hydroxylation sites is 1. The zero-order valence-corrected chi connectivity index (χ0v) is 17.6. The number of anilines is 2. The monoisotopic (exact) mass is 415 g/mol. The van der Waals surface area contributed by atoms with Crippen molar-refractivity contribution in [2.24, 2.45) is 0 Å². The van der Waals surface area contributed by atoms with E-state index in [-0.39, 0.29) is 17.3 Å². The van der Waals surface area contributed by atoms with Gasteiger partial charge in [0.05, 0.1) is 11.4 Å². The molecule has 6 heteroatoms. The van der Waals surface area contributed by atoms with Crippen LogP contribution < -0.4 is 4.90 Å². The van der Waals surface area contributed by atoms with Crippen molar-refractivity contribution in [3.8, 4) is 6.07 Å². The number of rotatable bonds is 7. The molecule has 0 aliphatic carbocycles. The number of benzene rings is 2. The molecule has 0 fully saturated rings. The summed E-state index contributed by atoms with van der Waals surface area (Å²) in [5.74, 6) is -0.517. The predicted molar refractivity (Wildman–Crippen MR) is 120 cm³/mol. The van der Waals surface area contributed by atoms with Gasteiger partial charge in [-0.3, -0.25) is 14.5 Å². The molecule has 0 atom stereocenters. The van der Waals surface area contributed by atoms with Gasteiger partial charge in [0.15, 0.2) is 5.13 Å². The number of carbonyl (C=O) groups excluding carboxylic acids is 2. The molecule has 0 N–H and O–H groups in total. The first kappa shape index (κ1) is 21.2. The summed E-state index contributed by atoms with van der Waals surface area (Å²) in [5, 5.41) is 11.7. The molecular formula is C24H21N3O2S. The van der Waals surface area contributed by atoms with Gasteiger partial charge in [0.25, 0.3) is 0 Å². The molecule has 150 valence electrons. The van der Waals surface area contributed by atoms with Crippen LogP contribution in [0.5, 0.6) is 0 Å². The first-order chi connectivity index (χ1) is 14.5. The van der Waals surface area contributed by atoms with E-state index in [1.165, 1.54) is 29.2 Å². The number of hydrogen-bond acceptors (Lipinski definition) is 5. The maximum Gasteiger partial charge on any atom is 0.230 e. The molecular weight excluding hydrogens is 394 g/mol. The normalized spacial score (nSPS) is 11.0. The van der Waals surface area contributed by atoms with Crippen LogP contribution in [-0.2, 0) is 11.2 Å². The molecule has 1 aromatic heterocycles. The van der Waals surface area contributed by atoms with Crippen molar-refractivity contribution in [1.29, 1.82) is 5.26 Å². The maximum atomic E-state index is 12.7. The van der Waals surface area contributed by atoms with E-state index in [0.29, 0.717) is 22.1 Å². The largest absolute Gasteiger partial charge is 0.288 e. The fourth-order valence-electron chi connectivity index (χ4n) is 3.01. The highest BCUT2D eigenvalue weighted by molar-refractivity contribution is 7.14. The van der Waals surface area contributed by atoms with Crippen molar-refractivity contribution < 1.29 is 9.59 Å². The Morgan fingerprint density at radius 1 is 1.13 bits per heavy atom. The zero-order valence-electron chi connectivity index (χ0n) is 16.8. The Kier molecular flexibility index (Phi) is 6.89. The predicted octanol–water partition coefficient (Wildman–Crippen LogP) is 5.57. The second-order valence-electron chi connectivity index (χ2n) is 6.69. The molecule has 0 saturated heterocycles. The summed E-state index contributed by atoms with van der Waals surface area (Å²) >= 11 is 1.28. The number of hydrogen-bond donors (Lipinski definition) is 0. The molecule has 3 aromatic rings. The van der Waals surface area contributed by atoms with Crippen LogP contribution in [0.3, 0.4) is 0 Å². The second-order valence-corrected chi connectivity index (χ2v) is 7.53. The Balaban J connectivity index is 1.86. The highest BCUT2D eigenvalue weighted by Crippen LogP contribution is 2.29. The van der Waals surface area contributed by atoms with Gasteiger partial charge in [0, 0.05) is 17.9 Å². The SMILES string of the molecule is CCCc1ccc(C(=O)/C(C#N)=C/c2csc(N(C(C)=O)c3ccccc3)n2)cc1. The number of allylic oxidation sites excluding steroid dienone is 1. The Morgan fingerprint density at radius 3 is 2.43 bits per heavy atom. The van der Waals surface area contributed by atoms with E-state index in [4.69, 9.17) is 0 Å². The van der Waals surface area contributed by atoms with Gasteiger partial charge in [-0.25, -0.2) is 4.98 Å². The van der Waals surface area contributed by atoms with Gasteiger partial charge in [0.1, 0.15) is 11.6 Å². The summed E-state index contributed by atoms with van der Waals surface area (Å²) in [6, 6.07) is 18.5. The number of nitriles is 1. The fourth-order valence-corrected chi connectivity index (χ4v) is 3.86. The molecule has 1 heterocycles. The number of nitrogens with zero attached hydrogens (tertiary/aromatic N) is 3. The van der Waals surface area contributed by atoms with E-state index in [1.807, 2.05) is 48.5 Å². The molecule has 0 unspecified atom stereocenters. The summed E-state index contributed by atoms with van der Waals surface area (Å²) in [5.41, 5.74) is 2.80. The summed E-state index contributed by atoms with van der Waals surface area (Å²) < 4.78 is 0. The van der Waals surface area contributed by atoms with Crippen molar-refractivity contribution in [2.75, 3.05) is 4.90 Å². The van der Waals surface area contributed by atoms with Crippen molar-refractivity contribution >= 4 is 39.9 Å². The van der Waals surface area contributed by atoms with Gasteiger partial charge in [-0.2, -0.15) is 5.26 Å². The van der Waals surface area contributed by atoms with Gasteiger partial charge in [-0.15, -0.1) is 11.3 Å². The van der Waals surface area contributed by atoms with Crippen molar-refractivity contribution in [3.05, 3.63) is 82.4 Å². The third-order valence-electron chi connectivity index (χ3n) is 4.44. The van der Waals surface area contributed by atoms with Crippen LogP contribution in [-0.4, -0.2) is 16.7 Å². The lowest BCUT2D eigenvalue weighted by atomic mass is 10.0. The fraction of sp³-hybridized carbons (Fsp3) is 0.167. The molecule has 1 amide bonds. The van der Waals surface area contributed by atoms with Gasteiger partial charge in [0.2, 0.25) is 11.7 Å². The highest BCUT2D eigenvalue weighted by atomic mass is 32.1. The Labute approximate surface area is 179 Å². The van der Waals surface area contributed by atoms with E-state index in [1.54, 1.807) is 17.5 Å². The first-order valence-electron chi connectivity index (χ1n) is 9.60. The summed E-state index contributed by atoms with van der Waals surface area (Å²) in [6.45, 7) is 3.57. The number of amides is 1. The van der Waals surface area contributed by atoms with E-state index in [9.17, 15) is 14.9 Å². The minimum absolute atomic E-state index is 0.00387. The molecule has 0 aliphatic heterocycles. The summed E-state index contributed by atoms with van der Waals surface area (Å²) in [4.78, 5) is 30.9. The Hall–Kier alpha value is -3.56. The number of thiazole rings is 1. The smallest absolute Gasteiger partial charge is 0.230 e. The molecule has 30 heavy (non-hydrogen) atoms. The average molecular weight is 416 g/mol. The minimum atomic E-state index is -0.346. The maximum absolute atomic E-state index is 12.7. The van der Waals surface area contributed by atoms with Crippen LogP contribution in [0.1, 0.15) is 41.9 Å². The van der Waals surface area contributed by atoms with Crippen molar-refractivity contribution in [3.63, 3.8) is 0 Å². The van der Waals surface area contributed by atoms with Crippen molar-refractivity contribution in [2.45, 2.75) is 26.7 Å². The van der Waals surface area contributed by atoms with Crippen LogP contribution in [0, 0.1) is 11.3 Å². The third kappa shape index (κ3) is 4.88. The lowest BCUT2D eigenvalue weighted by Crippen LogP contribution is -2.22. The Morgan fingerprint density at radius 2 is 1.83 bits per heavy atom. The molecule has 0 aliphatic rings. The second kappa shape index (κ2) is 9.77. The molecule has 0 saturated carbocycles. The molecule has 2 aromatic carbocycles. The lowest BCUT2D eigenvalue weighted by molar-refractivity contribution is -0.115. The van der Waals surface area contributed by atoms with E-state index in [0.717, 1.165) is 18.4 Å². The summed E-state index contributed by atoms with van der Waals surface area (Å²) in [7, 11) is 0. The van der Waals surface area contributed by atoms with Crippen LogP contribution in [0.25, 0.3) is 6.08 Å². The number of ketones is 1. The standard InChI is InChI=1S/C24H21N3O2S/c1-3-7-18-10-12-19(13-11-18)23(29)20(15-25)14-21-16-30-24(26-21)27(17(2)28)22-8-5-4-6-9-22/h4-6,8-14,16H,3,7H2,1-2H3/b20-14+. The molecule has 0 bridgehead atoms. The molecule has 3 rings (SSSR count). The summed E-state index contributed by atoms with van der Waals surface area (Å²) in [6.07, 6.45) is 3.44. The first-order valence-corrected chi connectivity index (χ1v) is 10.5. The number of aryl methyl sites for hydroxylation is 1. The third-order valence-corrected chi connectivity index (χ3v) is 5.29.